The van der Waals surface area contributed by atoms with Crippen LogP contribution in [0.25, 0.3) is 11.1 Å². The summed E-state index contributed by atoms with van der Waals surface area (Å²) in [5, 5.41) is 0.194. The minimum atomic E-state index is -1.91. The lowest BCUT2D eigenvalue weighted by Crippen LogP contribution is -2.48. The Bertz CT molecular complexity index is 1270. The van der Waals surface area contributed by atoms with Gasteiger partial charge in [-0.25, -0.2) is 0 Å². The number of halogens is 1. The smallest absolute Gasteiger partial charge is 0.274 e. The minimum absolute atomic E-state index is 0.0615. The third-order valence-electron chi connectivity index (χ3n) is 10.1. The summed E-state index contributed by atoms with van der Waals surface area (Å²) in [6.45, 7) is 26.2. The van der Waals surface area contributed by atoms with Crippen molar-refractivity contribution in [3.8, 4) is 11.5 Å². The molecular weight excluding hydrogens is 572 g/mol. The van der Waals surface area contributed by atoms with Gasteiger partial charge in [0, 0.05) is 5.56 Å². The van der Waals surface area contributed by atoms with E-state index in [1.165, 1.54) is 34.3 Å². The fraction of sp³-hybridized carbons (Fsp3) is 0.611. The summed E-state index contributed by atoms with van der Waals surface area (Å²) in [5.74, 6) is 2.98. The normalized spacial score (nSPS) is 23.4. The molecule has 2 aromatic rings. The highest BCUT2D eigenvalue weighted by Gasteiger charge is 2.53. The van der Waals surface area contributed by atoms with Gasteiger partial charge in [0.15, 0.2) is 8.32 Å². The van der Waals surface area contributed by atoms with Crippen LogP contribution in [0.2, 0.25) is 31.2 Å². The lowest BCUT2D eigenvalue weighted by Gasteiger charge is -2.47. The Labute approximate surface area is 264 Å². The Kier molecular flexibility index (Phi) is 9.89. The van der Waals surface area contributed by atoms with E-state index in [4.69, 9.17) is 25.2 Å². The highest BCUT2D eigenvalue weighted by atomic mass is 35.5. The predicted molar refractivity (Wildman–Crippen MR) is 185 cm³/mol. The van der Waals surface area contributed by atoms with E-state index >= 15 is 0 Å². The zero-order valence-electron chi connectivity index (χ0n) is 28.0. The van der Waals surface area contributed by atoms with Crippen molar-refractivity contribution in [3.63, 3.8) is 0 Å². The lowest BCUT2D eigenvalue weighted by atomic mass is 9.64. The highest BCUT2D eigenvalue weighted by Crippen LogP contribution is 2.60. The zero-order valence-corrected chi connectivity index (χ0v) is 30.8. The number of ether oxygens (including phenoxy) is 1. The molecule has 2 aromatic carbocycles. The van der Waals surface area contributed by atoms with Gasteiger partial charge in [0.2, 0.25) is 0 Å². The molecule has 3 nitrogen and oxygen atoms in total. The maximum absolute atomic E-state index is 7.22. The molecule has 0 aliphatic heterocycles. The van der Waals surface area contributed by atoms with E-state index in [0.29, 0.717) is 18.4 Å². The Balaban J connectivity index is 1.84. The largest absolute Gasteiger partial charge is 0.542 e. The maximum Gasteiger partial charge on any atom is 0.274 e. The van der Waals surface area contributed by atoms with Crippen molar-refractivity contribution in [1.29, 1.82) is 0 Å². The van der Waals surface area contributed by atoms with Gasteiger partial charge < -0.3 is 13.6 Å². The summed E-state index contributed by atoms with van der Waals surface area (Å²) in [5.41, 5.74) is 6.88. The van der Waals surface area contributed by atoms with E-state index in [2.05, 4.69) is 117 Å². The molecule has 0 amide bonds. The first-order chi connectivity index (χ1) is 19.5. The van der Waals surface area contributed by atoms with Crippen molar-refractivity contribution in [1.82, 2.24) is 0 Å². The molecule has 0 saturated heterocycles. The fourth-order valence-corrected chi connectivity index (χ4v) is 8.59. The number of benzene rings is 2. The molecule has 0 unspecified atom stereocenters. The molecule has 0 heterocycles. The van der Waals surface area contributed by atoms with Crippen LogP contribution in [0.4, 0.5) is 0 Å². The lowest BCUT2D eigenvalue weighted by molar-refractivity contribution is 0.0509. The van der Waals surface area contributed by atoms with Crippen molar-refractivity contribution in [3.05, 3.63) is 59.2 Å². The maximum atomic E-state index is 7.22. The molecule has 3 atom stereocenters. The summed E-state index contributed by atoms with van der Waals surface area (Å²) in [6.07, 6.45) is 4.69. The molecule has 231 valence electrons. The first kappa shape index (κ1) is 33.4. The third kappa shape index (κ3) is 7.06. The van der Waals surface area contributed by atoms with Gasteiger partial charge in [0.1, 0.15) is 18.1 Å². The average Bonchev–Trinajstić information content (AvgIpc) is 3.19. The SMILES string of the molecule is C[Si](C)Oc1cc(C(C)(C)C)ccc1C1=C(c2ccc(OCCCl)cc2)C[C@@]2(C)[C@@H](CC[C@@H]2O[Si](C)(C)C(C)(C)C)C1. The van der Waals surface area contributed by atoms with Crippen LogP contribution in [0.15, 0.2) is 42.5 Å². The van der Waals surface area contributed by atoms with Crippen molar-refractivity contribution in [2.24, 2.45) is 11.3 Å². The molecule has 1 saturated carbocycles. The Morgan fingerprint density at radius 1 is 0.952 bits per heavy atom. The van der Waals surface area contributed by atoms with Gasteiger partial charge in [-0.1, -0.05) is 72.7 Å². The van der Waals surface area contributed by atoms with E-state index in [9.17, 15) is 0 Å². The molecule has 1 fully saturated rings. The number of allylic oxidation sites excluding steroid dienone is 2. The summed E-state index contributed by atoms with van der Waals surface area (Å²) in [4.78, 5) is 0. The second kappa shape index (κ2) is 12.5. The predicted octanol–water partition coefficient (Wildman–Crippen LogP) is 10.7. The Morgan fingerprint density at radius 3 is 2.19 bits per heavy atom. The highest BCUT2D eigenvalue weighted by molar-refractivity contribution is 6.74. The monoisotopic (exact) mass is 625 g/mol. The van der Waals surface area contributed by atoms with Crippen LogP contribution in [0.1, 0.15) is 90.8 Å². The molecule has 0 aromatic heterocycles. The quantitative estimate of drug-likeness (QED) is 0.205. The van der Waals surface area contributed by atoms with Crippen LogP contribution in [0, 0.1) is 11.3 Å². The first-order valence-electron chi connectivity index (χ1n) is 15.8. The van der Waals surface area contributed by atoms with Gasteiger partial charge in [-0.15, -0.1) is 11.6 Å². The number of rotatable bonds is 9. The van der Waals surface area contributed by atoms with E-state index in [1.807, 2.05) is 0 Å². The summed E-state index contributed by atoms with van der Waals surface area (Å²) in [7, 11) is -2.85. The Morgan fingerprint density at radius 2 is 1.62 bits per heavy atom. The molecule has 2 aliphatic rings. The first-order valence-corrected chi connectivity index (χ1v) is 21.6. The van der Waals surface area contributed by atoms with Crippen LogP contribution < -0.4 is 9.16 Å². The van der Waals surface area contributed by atoms with Crippen molar-refractivity contribution < 1.29 is 13.6 Å². The minimum Gasteiger partial charge on any atom is -0.542 e. The molecule has 2 aliphatic carbocycles. The van der Waals surface area contributed by atoms with Gasteiger partial charge in [-0.05, 0) is 114 Å². The van der Waals surface area contributed by atoms with Crippen LogP contribution >= 0.6 is 11.6 Å². The van der Waals surface area contributed by atoms with Gasteiger partial charge >= 0.3 is 0 Å². The number of alkyl halides is 1. The molecule has 0 spiro atoms. The standard InChI is InChI=1S/C36H54ClO3Si2/c1-34(2,3)26-14-18-29(32(23-26)39-41(8)9)30-22-27-15-19-33(40-42(10,11)35(4,5)6)36(27,7)24-31(30)25-12-16-28(17-13-25)38-21-20-37/h12-14,16-18,23,27,33H,15,19-22,24H2,1-11H3/t27-,33-,36-/m0/s1. The molecule has 42 heavy (non-hydrogen) atoms. The molecule has 0 bridgehead atoms. The van der Waals surface area contributed by atoms with Crippen LogP contribution in [-0.4, -0.2) is 35.9 Å². The van der Waals surface area contributed by atoms with E-state index in [0.717, 1.165) is 30.8 Å². The fourth-order valence-electron chi connectivity index (χ4n) is 6.45. The van der Waals surface area contributed by atoms with E-state index in [-0.39, 0.29) is 22.0 Å². The van der Waals surface area contributed by atoms with Crippen molar-refractivity contribution in [2.45, 2.75) is 117 Å². The van der Waals surface area contributed by atoms with Gasteiger partial charge in [0.05, 0.1) is 12.0 Å². The molecular formula is C36H54ClO3Si2. The topological polar surface area (TPSA) is 27.7 Å². The number of hydrogen-bond acceptors (Lipinski definition) is 3. The summed E-state index contributed by atoms with van der Waals surface area (Å²) >= 11 is 5.88. The molecule has 4 rings (SSSR count). The zero-order chi connectivity index (χ0) is 31.1. The van der Waals surface area contributed by atoms with Crippen molar-refractivity contribution in [2.75, 3.05) is 12.5 Å². The second-order valence-corrected chi connectivity index (χ2v) is 22.7. The number of fused-ring (bicyclic) bond motifs is 1. The second-order valence-electron chi connectivity index (χ2n) is 15.5. The van der Waals surface area contributed by atoms with Crippen LogP contribution in [0.3, 0.4) is 0 Å². The average molecular weight is 626 g/mol. The summed E-state index contributed by atoms with van der Waals surface area (Å²) in [6, 6.07) is 15.6. The van der Waals surface area contributed by atoms with E-state index in [1.54, 1.807) is 0 Å². The molecule has 6 heteroatoms. The van der Waals surface area contributed by atoms with Crippen LogP contribution in [-0.2, 0) is 9.84 Å². The third-order valence-corrected chi connectivity index (χ3v) is 15.4. The summed E-state index contributed by atoms with van der Waals surface area (Å²) < 4.78 is 19.7. The van der Waals surface area contributed by atoms with Gasteiger partial charge in [0.25, 0.3) is 9.04 Å². The molecule has 1 radical (unpaired) electrons. The van der Waals surface area contributed by atoms with E-state index < -0.39 is 17.4 Å². The Hall–Kier alpha value is -1.54. The van der Waals surface area contributed by atoms with Gasteiger partial charge in [-0.3, -0.25) is 0 Å². The number of hydrogen-bond donors (Lipinski definition) is 0. The molecule has 0 N–H and O–H groups in total. The van der Waals surface area contributed by atoms with Crippen molar-refractivity contribution >= 4 is 40.1 Å². The van der Waals surface area contributed by atoms with Gasteiger partial charge in [-0.2, -0.15) is 0 Å². The van der Waals surface area contributed by atoms with Crippen LogP contribution in [0.5, 0.6) is 11.5 Å².